The molecule has 2 rings (SSSR count). The molecule has 2 aromatic carbocycles. The first-order valence-electron chi connectivity index (χ1n) is 9.90. The summed E-state index contributed by atoms with van der Waals surface area (Å²) in [6.07, 6.45) is 3.00. The Hall–Kier alpha value is -4.38. The summed E-state index contributed by atoms with van der Waals surface area (Å²) >= 11 is 0. The first-order valence-corrected chi connectivity index (χ1v) is 9.90. The van der Waals surface area contributed by atoms with Crippen LogP contribution in [0.15, 0.2) is 60.7 Å². The Morgan fingerprint density at radius 3 is 2.39 bits per heavy atom. The number of esters is 3. The van der Waals surface area contributed by atoms with Crippen molar-refractivity contribution in [1.82, 2.24) is 0 Å². The van der Waals surface area contributed by atoms with Crippen molar-refractivity contribution in [2.75, 3.05) is 13.4 Å². The van der Waals surface area contributed by atoms with Crippen LogP contribution in [0.3, 0.4) is 0 Å². The Kier molecular flexibility index (Phi) is 9.40. The van der Waals surface area contributed by atoms with Crippen molar-refractivity contribution in [3.8, 4) is 17.6 Å². The van der Waals surface area contributed by atoms with Crippen LogP contribution in [0.25, 0.3) is 6.08 Å². The van der Waals surface area contributed by atoms with Crippen molar-refractivity contribution in [2.24, 2.45) is 0 Å². The van der Waals surface area contributed by atoms with Crippen molar-refractivity contribution < 1.29 is 33.3 Å². The smallest absolute Gasteiger partial charge is 0.343 e. The molecule has 0 radical (unpaired) electrons. The van der Waals surface area contributed by atoms with Crippen LogP contribution in [-0.2, 0) is 19.1 Å². The minimum atomic E-state index is -0.556. The maximum absolute atomic E-state index is 12.4. The molecule has 0 bridgehead atoms. The van der Waals surface area contributed by atoms with Crippen molar-refractivity contribution in [1.29, 1.82) is 5.26 Å². The lowest BCUT2D eigenvalue weighted by Crippen LogP contribution is -2.11. The third-order valence-electron chi connectivity index (χ3n) is 4.16. The van der Waals surface area contributed by atoms with Gasteiger partial charge < -0.3 is 18.9 Å². The highest BCUT2D eigenvalue weighted by Gasteiger charge is 2.10. The molecule has 0 aliphatic heterocycles. The third kappa shape index (κ3) is 8.34. The summed E-state index contributed by atoms with van der Waals surface area (Å²) in [5, 5.41) is 8.44. The fourth-order valence-electron chi connectivity index (χ4n) is 2.43. The number of hydrogen-bond acceptors (Lipinski definition) is 8. The minimum Gasteiger partial charge on any atom is -0.461 e. The average Bonchev–Trinajstić information content (AvgIpc) is 2.79. The van der Waals surface area contributed by atoms with Gasteiger partial charge in [0.1, 0.15) is 18.1 Å². The van der Waals surface area contributed by atoms with Gasteiger partial charge in [-0.2, -0.15) is 5.26 Å². The Labute approximate surface area is 191 Å². The zero-order chi connectivity index (χ0) is 24.2. The number of rotatable bonds is 10. The van der Waals surface area contributed by atoms with Crippen LogP contribution < -0.4 is 9.47 Å². The van der Waals surface area contributed by atoms with Crippen LogP contribution in [0.4, 0.5) is 0 Å². The normalized spacial score (nSPS) is 10.2. The molecule has 0 saturated heterocycles. The van der Waals surface area contributed by atoms with E-state index in [1.54, 1.807) is 36.4 Å². The summed E-state index contributed by atoms with van der Waals surface area (Å²) in [6, 6.07) is 13.0. The van der Waals surface area contributed by atoms with Crippen molar-refractivity contribution >= 4 is 24.0 Å². The topological polar surface area (TPSA) is 112 Å². The zero-order valence-corrected chi connectivity index (χ0v) is 18.3. The van der Waals surface area contributed by atoms with Gasteiger partial charge in [-0.3, -0.25) is 0 Å². The quantitative estimate of drug-likeness (QED) is 0.175. The van der Waals surface area contributed by atoms with Gasteiger partial charge in [0.25, 0.3) is 0 Å². The van der Waals surface area contributed by atoms with Crippen LogP contribution >= 0.6 is 0 Å². The molecule has 0 aromatic heterocycles. The van der Waals surface area contributed by atoms with Crippen LogP contribution in [0, 0.1) is 18.3 Å². The average molecular weight is 449 g/mol. The Morgan fingerprint density at radius 2 is 1.76 bits per heavy atom. The van der Waals surface area contributed by atoms with Gasteiger partial charge in [-0.1, -0.05) is 12.6 Å². The van der Waals surface area contributed by atoms with Gasteiger partial charge in [0.2, 0.25) is 6.79 Å². The highest BCUT2D eigenvalue weighted by molar-refractivity contribution is 5.91. The van der Waals surface area contributed by atoms with Gasteiger partial charge >= 0.3 is 17.9 Å². The maximum atomic E-state index is 12.4. The number of ether oxygens (including phenoxy) is 4. The predicted octanol–water partition coefficient (Wildman–Crippen LogP) is 4.14. The van der Waals surface area contributed by atoms with Gasteiger partial charge in [0.15, 0.2) is 0 Å². The highest BCUT2D eigenvalue weighted by atomic mass is 16.7. The molecule has 0 spiro atoms. The second kappa shape index (κ2) is 12.5. The third-order valence-corrected chi connectivity index (χ3v) is 4.16. The van der Waals surface area contributed by atoms with E-state index < -0.39 is 17.9 Å². The van der Waals surface area contributed by atoms with E-state index in [2.05, 4.69) is 6.58 Å². The molecule has 33 heavy (non-hydrogen) atoms. The van der Waals surface area contributed by atoms with E-state index >= 15 is 0 Å². The van der Waals surface area contributed by atoms with Crippen LogP contribution in [0.2, 0.25) is 0 Å². The highest BCUT2D eigenvalue weighted by Crippen LogP contribution is 2.20. The van der Waals surface area contributed by atoms with Gasteiger partial charge in [-0.05, 0) is 67.4 Å². The van der Waals surface area contributed by atoms with Gasteiger partial charge in [-0.15, -0.1) is 0 Å². The second-order valence-electron chi connectivity index (χ2n) is 6.82. The Morgan fingerprint density at radius 1 is 1.06 bits per heavy atom. The van der Waals surface area contributed by atoms with Gasteiger partial charge in [-0.25, -0.2) is 14.4 Å². The van der Waals surface area contributed by atoms with E-state index in [0.717, 1.165) is 11.1 Å². The number of hydrogen-bond donors (Lipinski definition) is 0. The number of nitriles is 1. The fourth-order valence-corrected chi connectivity index (χ4v) is 2.43. The molecule has 0 fully saturated rings. The SMILES string of the molecule is C=C(C)C(=O)OCOc1ccc(C(=O)Oc2ccc(/C=C/C(=O)OCCC#N)c(C)c2)cc1. The van der Waals surface area contributed by atoms with Crippen molar-refractivity contribution in [3.63, 3.8) is 0 Å². The Balaban J connectivity index is 1.91. The van der Waals surface area contributed by atoms with Gasteiger partial charge in [0, 0.05) is 11.6 Å². The number of nitrogens with zero attached hydrogens (tertiary/aromatic N) is 1. The summed E-state index contributed by atoms with van der Waals surface area (Å²) < 4.78 is 20.4. The first-order chi connectivity index (χ1) is 15.8. The number of carbonyl (C=O) groups is 3. The van der Waals surface area contributed by atoms with Crippen LogP contribution in [-0.4, -0.2) is 31.3 Å². The summed E-state index contributed by atoms with van der Waals surface area (Å²) in [5.74, 6) is -0.888. The molecule has 0 saturated carbocycles. The first kappa shape index (κ1) is 24.9. The Bertz CT molecular complexity index is 1090. The molecule has 0 N–H and O–H groups in total. The summed E-state index contributed by atoms with van der Waals surface area (Å²) in [6.45, 7) is 6.59. The predicted molar refractivity (Wildman–Crippen MR) is 119 cm³/mol. The molecule has 2 aromatic rings. The molecule has 0 atom stereocenters. The molecule has 170 valence electrons. The van der Waals surface area contributed by atoms with E-state index in [0.29, 0.717) is 17.1 Å². The van der Waals surface area contributed by atoms with Crippen molar-refractivity contribution in [3.05, 3.63) is 77.4 Å². The molecule has 0 amide bonds. The molecule has 8 heteroatoms. The molecular weight excluding hydrogens is 426 g/mol. The lowest BCUT2D eigenvalue weighted by atomic mass is 10.1. The second-order valence-corrected chi connectivity index (χ2v) is 6.82. The molecule has 0 aliphatic carbocycles. The molecule has 0 aliphatic rings. The minimum absolute atomic E-state index is 0.0448. The maximum Gasteiger partial charge on any atom is 0.343 e. The van der Waals surface area contributed by atoms with E-state index in [1.165, 1.54) is 25.1 Å². The largest absolute Gasteiger partial charge is 0.461 e. The van der Waals surface area contributed by atoms with Crippen molar-refractivity contribution in [2.45, 2.75) is 20.3 Å². The van der Waals surface area contributed by atoms with E-state index in [9.17, 15) is 14.4 Å². The summed E-state index contributed by atoms with van der Waals surface area (Å²) in [7, 11) is 0. The van der Waals surface area contributed by atoms with E-state index in [1.807, 2.05) is 13.0 Å². The monoisotopic (exact) mass is 449 g/mol. The molecule has 0 heterocycles. The van der Waals surface area contributed by atoms with Crippen LogP contribution in [0.5, 0.6) is 11.5 Å². The molecule has 0 unspecified atom stereocenters. The summed E-state index contributed by atoms with van der Waals surface area (Å²) in [5.41, 5.74) is 2.11. The number of carbonyl (C=O) groups excluding carboxylic acids is 3. The lowest BCUT2D eigenvalue weighted by Gasteiger charge is -2.09. The molecular formula is C25H23NO7. The van der Waals surface area contributed by atoms with Crippen LogP contribution in [0.1, 0.15) is 34.8 Å². The molecule has 8 nitrogen and oxygen atoms in total. The zero-order valence-electron chi connectivity index (χ0n) is 18.3. The summed E-state index contributed by atoms with van der Waals surface area (Å²) in [4.78, 5) is 35.3. The van der Waals surface area contributed by atoms with E-state index in [4.69, 9.17) is 24.2 Å². The fraction of sp³-hybridized carbons (Fsp3) is 0.200. The van der Waals surface area contributed by atoms with E-state index in [-0.39, 0.29) is 25.4 Å². The number of aryl methyl sites for hydroxylation is 1. The lowest BCUT2D eigenvalue weighted by molar-refractivity contribution is -0.145. The van der Waals surface area contributed by atoms with Gasteiger partial charge in [0.05, 0.1) is 18.1 Å². The standard InChI is InChI=1S/C25H23NO7/c1-17(2)24(28)32-16-31-21-9-6-20(7-10-21)25(29)33-22-11-5-19(18(3)15-22)8-12-23(27)30-14-4-13-26/h5-12,15H,1,4,14,16H2,2-3H3/b12-8+. The number of benzene rings is 2.